The van der Waals surface area contributed by atoms with Crippen LogP contribution in [0.5, 0.6) is 11.5 Å². The Bertz CT molecular complexity index is 2440. The first-order valence-corrected chi connectivity index (χ1v) is 20.4. The van der Waals surface area contributed by atoms with Crippen LogP contribution in [-0.4, -0.2) is 128 Å². The number of nitrogens with two attached hydrogens (primary N) is 1. The number of likely N-dealkylation sites (tertiary alicyclic amines) is 2. The molecule has 0 aliphatic carbocycles. The molecular weight excluding hydrogens is 751 g/mol. The lowest BCUT2D eigenvalue weighted by Crippen LogP contribution is -2.66. The van der Waals surface area contributed by atoms with Crippen molar-refractivity contribution in [3.63, 3.8) is 0 Å². The number of imide groups is 1. The maximum Gasteiger partial charge on any atom is 0.320 e. The van der Waals surface area contributed by atoms with Crippen LogP contribution >= 0.6 is 0 Å². The second kappa shape index (κ2) is 15.0. The van der Waals surface area contributed by atoms with Crippen molar-refractivity contribution in [3.05, 3.63) is 90.3 Å². The number of piperazine rings is 1. The van der Waals surface area contributed by atoms with Gasteiger partial charge in [-0.15, -0.1) is 0 Å². The summed E-state index contributed by atoms with van der Waals surface area (Å²) in [5, 5.41) is 8.14. The minimum absolute atomic E-state index is 0.0566. The number of anilines is 2. The highest BCUT2D eigenvalue weighted by molar-refractivity contribution is 6.05. The lowest BCUT2D eigenvalue weighted by atomic mass is 10.0. The third-order valence-electron chi connectivity index (χ3n) is 12.5. The summed E-state index contributed by atoms with van der Waals surface area (Å²) in [6.07, 6.45) is 3.57. The monoisotopic (exact) mass is 795 g/mol. The molecule has 0 bridgehead atoms. The zero-order valence-corrected chi connectivity index (χ0v) is 32.6. The summed E-state index contributed by atoms with van der Waals surface area (Å²) >= 11 is 0. The third kappa shape index (κ3) is 6.86. The molecule has 3 N–H and O–H groups in total. The summed E-state index contributed by atoms with van der Waals surface area (Å²) in [6, 6.07) is 23.2. The number of aromatic nitrogens is 4. The van der Waals surface area contributed by atoms with Crippen LogP contribution in [0.2, 0.25) is 0 Å². The third-order valence-corrected chi connectivity index (χ3v) is 12.5. The Balaban J connectivity index is 0.717. The highest BCUT2D eigenvalue weighted by atomic mass is 16.5. The van der Waals surface area contributed by atoms with Crippen molar-refractivity contribution in [2.45, 2.75) is 50.4 Å². The fourth-order valence-corrected chi connectivity index (χ4v) is 9.20. The van der Waals surface area contributed by atoms with Gasteiger partial charge in [-0.25, -0.2) is 19.4 Å². The first-order chi connectivity index (χ1) is 28.8. The minimum atomic E-state index is -0.620. The summed E-state index contributed by atoms with van der Waals surface area (Å²) in [7, 11) is 0. The Labute approximate surface area is 340 Å². The number of benzene rings is 3. The van der Waals surface area contributed by atoms with E-state index in [-0.39, 0.29) is 30.3 Å². The number of nitrogens with zero attached hydrogens (tertiary/aromatic N) is 9. The molecule has 16 heteroatoms. The van der Waals surface area contributed by atoms with E-state index in [1.54, 1.807) is 4.90 Å². The number of nitrogens with one attached hydrogen (secondary N) is 1. The average Bonchev–Trinajstić information content (AvgIpc) is 3.79. The Kier molecular flexibility index (Phi) is 9.34. The molecule has 0 saturated carbocycles. The second-order valence-electron chi connectivity index (χ2n) is 16.0. The van der Waals surface area contributed by atoms with E-state index in [0.717, 1.165) is 78.4 Å². The number of amides is 5. The number of urea groups is 1. The molecule has 59 heavy (non-hydrogen) atoms. The predicted octanol–water partition coefficient (Wildman–Crippen LogP) is 3.89. The van der Waals surface area contributed by atoms with Gasteiger partial charge in [-0.3, -0.25) is 24.6 Å². The van der Waals surface area contributed by atoms with Crippen molar-refractivity contribution in [1.29, 1.82) is 0 Å². The van der Waals surface area contributed by atoms with Gasteiger partial charge < -0.3 is 30.1 Å². The van der Waals surface area contributed by atoms with Gasteiger partial charge in [-0.1, -0.05) is 18.2 Å². The molecular formula is C43H45N11O5. The fraction of sp³-hybridized carbons (Fsp3) is 0.372. The van der Waals surface area contributed by atoms with Crippen molar-refractivity contribution >= 4 is 46.3 Å². The van der Waals surface area contributed by atoms with Gasteiger partial charge in [0.1, 0.15) is 35.4 Å². The van der Waals surface area contributed by atoms with Crippen molar-refractivity contribution < 1.29 is 23.9 Å². The van der Waals surface area contributed by atoms with Crippen LogP contribution in [0.4, 0.5) is 16.3 Å². The van der Waals surface area contributed by atoms with Crippen molar-refractivity contribution in [2.24, 2.45) is 0 Å². The predicted molar refractivity (Wildman–Crippen MR) is 219 cm³/mol. The summed E-state index contributed by atoms with van der Waals surface area (Å²) in [5.74, 6) is 1.01. The molecule has 0 radical (unpaired) electrons. The zero-order chi connectivity index (χ0) is 40.2. The number of rotatable bonds is 7. The number of carbonyl (C=O) groups excluding carboxylic acids is 4. The highest BCUT2D eigenvalue weighted by Crippen LogP contribution is 2.36. The highest BCUT2D eigenvalue weighted by Gasteiger charge is 2.41. The molecule has 5 aromatic rings. The second-order valence-corrected chi connectivity index (χ2v) is 16.0. The zero-order valence-electron chi connectivity index (χ0n) is 32.6. The van der Waals surface area contributed by atoms with E-state index < -0.39 is 11.9 Å². The molecule has 1 atom stereocenters. The Morgan fingerprint density at radius 1 is 0.797 bits per heavy atom. The van der Waals surface area contributed by atoms with Crippen molar-refractivity contribution in [1.82, 2.24) is 44.7 Å². The number of ether oxygens (including phenoxy) is 1. The quantitative estimate of drug-likeness (QED) is 0.229. The molecule has 7 heterocycles. The lowest BCUT2D eigenvalue weighted by Gasteiger charge is -2.49. The van der Waals surface area contributed by atoms with Crippen molar-refractivity contribution in [2.75, 3.05) is 63.0 Å². The van der Waals surface area contributed by atoms with Gasteiger partial charge in [0.2, 0.25) is 11.8 Å². The number of nitrogen functional groups attached to an aromatic ring is 1. The molecule has 10 rings (SSSR count). The maximum atomic E-state index is 13.6. The number of para-hydroxylation sites is 1. The van der Waals surface area contributed by atoms with Crippen LogP contribution in [-0.2, 0) is 16.1 Å². The van der Waals surface area contributed by atoms with Crippen molar-refractivity contribution in [3.8, 4) is 22.8 Å². The molecule has 0 unspecified atom stereocenters. The first kappa shape index (κ1) is 36.8. The molecule has 4 saturated heterocycles. The van der Waals surface area contributed by atoms with Crippen LogP contribution in [0.15, 0.2) is 79.1 Å². The van der Waals surface area contributed by atoms with Crippen LogP contribution in [0.25, 0.3) is 22.3 Å². The van der Waals surface area contributed by atoms with Gasteiger partial charge in [-0.05, 0) is 79.4 Å². The van der Waals surface area contributed by atoms with Crippen LogP contribution in [0, 0.1) is 0 Å². The Hall–Kier alpha value is -6.55. The van der Waals surface area contributed by atoms with E-state index in [1.165, 1.54) is 6.33 Å². The van der Waals surface area contributed by atoms with E-state index in [9.17, 15) is 19.2 Å². The van der Waals surface area contributed by atoms with Gasteiger partial charge >= 0.3 is 6.03 Å². The number of carbonyl (C=O) groups is 4. The molecule has 3 aromatic carbocycles. The molecule has 5 aliphatic heterocycles. The largest absolute Gasteiger partial charge is 0.457 e. The van der Waals surface area contributed by atoms with Crippen LogP contribution in [0.1, 0.15) is 47.6 Å². The van der Waals surface area contributed by atoms with E-state index in [2.05, 4.69) is 31.2 Å². The molecule has 5 amide bonds. The van der Waals surface area contributed by atoms with Gasteiger partial charge in [0, 0.05) is 88.2 Å². The summed E-state index contributed by atoms with van der Waals surface area (Å²) in [5.41, 5.74) is 11.3. The SMILES string of the molecule is Nc1ncnc2c1c(-c1ccc(Oc3ccccc3)cc1)nn2C1CCN(C(=O)N2CC(N3CCN(c4ccc5c(c4)CN([C@H]4CCC(=O)NC4=O)C5=O)CC3)C2)CC1. The number of piperidine rings is 2. The maximum absolute atomic E-state index is 13.6. The van der Waals surface area contributed by atoms with E-state index >= 15 is 0 Å². The fourth-order valence-electron chi connectivity index (χ4n) is 9.20. The lowest BCUT2D eigenvalue weighted by molar-refractivity contribution is -0.136. The van der Waals surface area contributed by atoms with E-state index in [4.69, 9.17) is 15.6 Å². The Morgan fingerprint density at radius 2 is 1.54 bits per heavy atom. The van der Waals surface area contributed by atoms with Gasteiger partial charge in [0.15, 0.2) is 5.65 Å². The van der Waals surface area contributed by atoms with E-state index in [1.807, 2.05) is 81.2 Å². The molecule has 0 spiro atoms. The molecule has 4 fully saturated rings. The van der Waals surface area contributed by atoms with Crippen LogP contribution in [0.3, 0.4) is 0 Å². The molecule has 302 valence electrons. The standard InChI is InChI=1S/C43H45N11O5/c44-39-37-38(27-6-9-33(10-7-27)59-32-4-2-1-3-5-32)48-54(40(37)46-26-45-39)29-14-16-51(17-15-29)43(58)52-24-31(25-52)50-20-18-49(19-21-50)30-8-11-34-28(22-30)23-53(42(34)57)35-12-13-36(55)47-41(35)56/h1-11,22,26,29,31,35H,12-21,23-25H2,(H2,44,45,46)(H,47,55,56)/t35-/m0/s1. The van der Waals surface area contributed by atoms with E-state index in [0.29, 0.717) is 62.2 Å². The number of hydrogen-bond acceptors (Lipinski definition) is 11. The summed E-state index contributed by atoms with van der Waals surface area (Å²) in [4.78, 5) is 70.1. The van der Waals surface area contributed by atoms with Gasteiger partial charge in [0.25, 0.3) is 5.91 Å². The summed E-state index contributed by atoms with van der Waals surface area (Å²) < 4.78 is 7.96. The topological polar surface area (TPSA) is 175 Å². The molecule has 2 aromatic heterocycles. The average molecular weight is 796 g/mol. The van der Waals surface area contributed by atoms with Gasteiger partial charge in [0.05, 0.1) is 11.4 Å². The van der Waals surface area contributed by atoms with Crippen LogP contribution < -0.4 is 20.7 Å². The first-order valence-electron chi connectivity index (χ1n) is 20.4. The number of hydrogen-bond donors (Lipinski definition) is 2. The van der Waals surface area contributed by atoms with Gasteiger partial charge in [-0.2, -0.15) is 5.10 Å². The minimum Gasteiger partial charge on any atom is -0.457 e. The molecule has 5 aliphatic rings. The number of fused-ring (bicyclic) bond motifs is 2. The summed E-state index contributed by atoms with van der Waals surface area (Å²) in [6.45, 7) is 6.51. The molecule has 16 nitrogen and oxygen atoms in total. The normalized spacial score (nSPS) is 20.5. The smallest absolute Gasteiger partial charge is 0.320 e. The Morgan fingerprint density at radius 3 is 2.29 bits per heavy atom.